The summed E-state index contributed by atoms with van der Waals surface area (Å²) in [6, 6.07) is 0. The highest BCUT2D eigenvalue weighted by Crippen LogP contribution is 2.17. The minimum Gasteiger partial charge on any atom is -0.389 e. The number of rotatable bonds is 5. The van der Waals surface area contributed by atoms with E-state index in [4.69, 9.17) is 5.73 Å². The highest BCUT2D eigenvalue weighted by Gasteiger charge is 2.18. The lowest BCUT2D eigenvalue weighted by Gasteiger charge is -2.24. The first-order valence-electron chi connectivity index (χ1n) is 6.68. The first-order chi connectivity index (χ1) is 7.53. The zero-order valence-corrected chi connectivity index (χ0v) is 10.9. The maximum atomic E-state index is 9.81. The van der Waals surface area contributed by atoms with Crippen molar-refractivity contribution < 1.29 is 5.11 Å². The van der Waals surface area contributed by atoms with Crippen molar-refractivity contribution in [1.82, 2.24) is 4.90 Å². The summed E-state index contributed by atoms with van der Waals surface area (Å²) in [7, 11) is 0. The van der Waals surface area contributed by atoms with Gasteiger partial charge in [-0.05, 0) is 64.6 Å². The molecular weight excluding hydrogens is 200 g/mol. The minimum absolute atomic E-state index is 0.365. The van der Waals surface area contributed by atoms with E-state index in [1.54, 1.807) is 0 Å². The third-order valence-electron chi connectivity index (χ3n) is 3.74. The molecule has 0 radical (unpaired) electrons. The van der Waals surface area contributed by atoms with E-state index in [0.29, 0.717) is 6.54 Å². The molecule has 0 bridgehead atoms. The van der Waals surface area contributed by atoms with E-state index in [-0.39, 0.29) is 0 Å². The number of nitrogens with two attached hydrogens (primary N) is 1. The van der Waals surface area contributed by atoms with E-state index < -0.39 is 5.60 Å². The van der Waals surface area contributed by atoms with Crippen LogP contribution in [0.1, 0.15) is 46.0 Å². The van der Waals surface area contributed by atoms with Crippen LogP contribution in [0.15, 0.2) is 0 Å². The molecule has 1 rings (SSSR count). The van der Waals surface area contributed by atoms with Crippen molar-refractivity contribution in [3.8, 4) is 0 Å². The average Bonchev–Trinajstić information content (AvgIpc) is 2.44. The SMILES string of the molecule is CC1CCCN(CCCC(C)(O)CN)CC1. The Morgan fingerprint density at radius 3 is 2.81 bits per heavy atom. The molecule has 1 heterocycles. The van der Waals surface area contributed by atoms with Gasteiger partial charge in [0, 0.05) is 6.54 Å². The van der Waals surface area contributed by atoms with Gasteiger partial charge in [-0.25, -0.2) is 0 Å². The second kappa shape index (κ2) is 6.58. The number of hydrogen-bond donors (Lipinski definition) is 2. The Balaban J connectivity index is 2.17. The van der Waals surface area contributed by atoms with Gasteiger partial charge < -0.3 is 15.7 Å². The van der Waals surface area contributed by atoms with Crippen LogP contribution in [0.4, 0.5) is 0 Å². The van der Waals surface area contributed by atoms with Crippen LogP contribution in [0.2, 0.25) is 0 Å². The maximum Gasteiger partial charge on any atom is 0.0741 e. The average molecular weight is 228 g/mol. The molecule has 2 unspecified atom stereocenters. The fourth-order valence-electron chi connectivity index (χ4n) is 2.33. The summed E-state index contributed by atoms with van der Waals surface area (Å²) in [5.74, 6) is 0.886. The molecule has 2 atom stereocenters. The molecule has 96 valence electrons. The highest BCUT2D eigenvalue weighted by atomic mass is 16.3. The zero-order valence-electron chi connectivity index (χ0n) is 10.9. The third-order valence-corrected chi connectivity index (χ3v) is 3.74. The lowest BCUT2D eigenvalue weighted by molar-refractivity contribution is 0.0545. The molecule has 16 heavy (non-hydrogen) atoms. The van der Waals surface area contributed by atoms with E-state index in [9.17, 15) is 5.11 Å². The molecule has 0 aromatic rings. The molecule has 1 saturated heterocycles. The first-order valence-corrected chi connectivity index (χ1v) is 6.68. The van der Waals surface area contributed by atoms with E-state index in [1.807, 2.05) is 6.92 Å². The highest BCUT2D eigenvalue weighted by molar-refractivity contribution is 4.74. The Morgan fingerprint density at radius 2 is 2.12 bits per heavy atom. The van der Waals surface area contributed by atoms with Gasteiger partial charge in [-0.1, -0.05) is 6.92 Å². The fraction of sp³-hybridized carbons (Fsp3) is 1.00. The topological polar surface area (TPSA) is 49.5 Å². The molecule has 0 aromatic heterocycles. The van der Waals surface area contributed by atoms with Crippen LogP contribution in [-0.4, -0.2) is 41.8 Å². The molecule has 1 aliphatic rings. The van der Waals surface area contributed by atoms with Crippen molar-refractivity contribution in [1.29, 1.82) is 0 Å². The second-order valence-corrected chi connectivity index (χ2v) is 5.68. The predicted octanol–water partition coefficient (Wildman–Crippen LogP) is 1.60. The molecular formula is C13H28N2O. The number of likely N-dealkylation sites (tertiary alicyclic amines) is 1. The van der Waals surface area contributed by atoms with Crippen LogP contribution in [0.3, 0.4) is 0 Å². The van der Waals surface area contributed by atoms with Crippen LogP contribution in [0, 0.1) is 5.92 Å². The standard InChI is InChI=1S/C13H28N2O/c1-12-5-3-8-15(10-6-12)9-4-7-13(2,16)11-14/h12,16H,3-11,14H2,1-2H3. The van der Waals surface area contributed by atoms with Gasteiger partial charge >= 0.3 is 0 Å². The summed E-state index contributed by atoms with van der Waals surface area (Å²) in [6.45, 7) is 8.12. The number of hydrogen-bond acceptors (Lipinski definition) is 3. The smallest absolute Gasteiger partial charge is 0.0741 e. The summed E-state index contributed by atoms with van der Waals surface area (Å²) >= 11 is 0. The van der Waals surface area contributed by atoms with Crippen molar-refractivity contribution in [2.75, 3.05) is 26.2 Å². The molecule has 3 nitrogen and oxygen atoms in total. The van der Waals surface area contributed by atoms with Crippen molar-refractivity contribution in [3.05, 3.63) is 0 Å². The molecule has 1 aliphatic heterocycles. The summed E-state index contributed by atoms with van der Waals surface area (Å²) in [5, 5.41) is 9.81. The van der Waals surface area contributed by atoms with E-state index in [0.717, 1.165) is 25.3 Å². The van der Waals surface area contributed by atoms with Crippen molar-refractivity contribution in [3.63, 3.8) is 0 Å². The molecule has 0 aromatic carbocycles. The quantitative estimate of drug-likeness (QED) is 0.751. The van der Waals surface area contributed by atoms with Gasteiger partial charge in [0.25, 0.3) is 0 Å². The van der Waals surface area contributed by atoms with E-state index in [1.165, 1.54) is 32.4 Å². The van der Waals surface area contributed by atoms with E-state index >= 15 is 0 Å². The lowest BCUT2D eigenvalue weighted by atomic mass is 10.0. The van der Waals surface area contributed by atoms with Gasteiger partial charge in [-0.15, -0.1) is 0 Å². The Kier molecular flexibility index (Phi) is 5.73. The van der Waals surface area contributed by atoms with E-state index in [2.05, 4.69) is 11.8 Å². The predicted molar refractivity (Wildman–Crippen MR) is 68.4 cm³/mol. The Hall–Kier alpha value is -0.120. The third kappa shape index (κ3) is 5.28. The van der Waals surface area contributed by atoms with Gasteiger partial charge in [0.15, 0.2) is 0 Å². The van der Waals surface area contributed by atoms with Crippen molar-refractivity contribution in [2.24, 2.45) is 11.7 Å². The summed E-state index contributed by atoms with van der Waals surface area (Å²) in [6.07, 6.45) is 5.90. The molecule has 0 aliphatic carbocycles. The van der Waals surface area contributed by atoms with Gasteiger partial charge in [0.05, 0.1) is 5.60 Å². The minimum atomic E-state index is -0.668. The van der Waals surface area contributed by atoms with Gasteiger partial charge in [-0.3, -0.25) is 0 Å². The van der Waals surface area contributed by atoms with Gasteiger partial charge in [0.2, 0.25) is 0 Å². The summed E-state index contributed by atoms with van der Waals surface area (Å²) in [4.78, 5) is 2.54. The maximum absolute atomic E-state index is 9.81. The molecule has 3 N–H and O–H groups in total. The van der Waals surface area contributed by atoms with Crippen LogP contribution in [0.25, 0.3) is 0 Å². The normalized spacial score (nSPS) is 27.4. The Morgan fingerprint density at radius 1 is 1.38 bits per heavy atom. The summed E-state index contributed by atoms with van der Waals surface area (Å²) < 4.78 is 0. The van der Waals surface area contributed by atoms with Crippen LogP contribution >= 0.6 is 0 Å². The molecule has 0 saturated carbocycles. The molecule has 3 heteroatoms. The number of aliphatic hydroxyl groups is 1. The molecule has 0 amide bonds. The number of nitrogens with zero attached hydrogens (tertiary/aromatic N) is 1. The summed E-state index contributed by atoms with van der Waals surface area (Å²) in [5.41, 5.74) is 4.84. The zero-order chi connectivity index (χ0) is 12.0. The molecule has 0 spiro atoms. The lowest BCUT2D eigenvalue weighted by Crippen LogP contribution is -2.35. The van der Waals surface area contributed by atoms with Crippen LogP contribution in [-0.2, 0) is 0 Å². The Bertz CT molecular complexity index is 194. The first kappa shape index (κ1) is 13.9. The monoisotopic (exact) mass is 228 g/mol. The molecule has 1 fully saturated rings. The fourth-order valence-corrected chi connectivity index (χ4v) is 2.33. The van der Waals surface area contributed by atoms with Gasteiger partial charge in [-0.2, -0.15) is 0 Å². The largest absolute Gasteiger partial charge is 0.389 e. The van der Waals surface area contributed by atoms with Crippen molar-refractivity contribution >= 4 is 0 Å². The van der Waals surface area contributed by atoms with Crippen LogP contribution in [0.5, 0.6) is 0 Å². The van der Waals surface area contributed by atoms with Crippen LogP contribution < -0.4 is 5.73 Å². The Labute approximate surface area is 100 Å². The van der Waals surface area contributed by atoms with Gasteiger partial charge in [0.1, 0.15) is 0 Å². The second-order valence-electron chi connectivity index (χ2n) is 5.68. The van der Waals surface area contributed by atoms with Crippen molar-refractivity contribution in [2.45, 2.75) is 51.6 Å².